The topological polar surface area (TPSA) is 29.1 Å². The molecule has 0 aliphatic rings. The monoisotopic (exact) mass is 377 g/mol. The van der Waals surface area contributed by atoms with E-state index in [0.717, 1.165) is 4.47 Å². The van der Waals surface area contributed by atoms with Gasteiger partial charge < -0.3 is 5.32 Å². The van der Waals surface area contributed by atoms with Crippen LogP contribution in [0.25, 0.3) is 0 Å². The van der Waals surface area contributed by atoms with Gasteiger partial charge in [0.15, 0.2) is 0 Å². The van der Waals surface area contributed by atoms with Crippen molar-refractivity contribution >= 4 is 62.3 Å². The van der Waals surface area contributed by atoms with Crippen LogP contribution in [-0.4, -0.2) is 5.91 Å². The summed E-state index contributed by atoms with van der Waals surface area (Å²) in [6.07, 6.45) is 0. The quantitative estimate of drug-likeness (QED) is 0.716. The molecule has 2 nitrogen and oxygen atoms in total. The van der Waals surface area contributed by atoms with Gasteiger partial charge in [0.1, 0.15) is 0 Å². The summed E-state index contributed by atoms with van der Waals surface area (Å²) in [6.45, 7) is 0. The first-order valence-corrected chi connectivity index (χ1v) is 7.12. The summed E-state index contributed by atoms with van der Waals surface area (Å²) in [6, 6.07) is 9.99. The number of benzene rings is 2. The van der Waals surface area contributed by atoms with Crippen molar-refractivity contribution < 1.29 is 4.79 Å². The third-order valence-electron chi connectivity index (χ3n) is 2.37. The van der Waals surface area contributed by atoms with Gasteiger partial charge >= 0.3 is 0 Å². The molecule has 1 N–H and O–H groups in total. The van der Waals surface area contributed by atoms with Gasteiger partial charge in [-0.05, 0) is 46.3 Å². The van der Waals surface area contributed by atoms with Crippen molar-refractivity contribution in [2.45, 2.75) is 0 Å². The molecular formula is C13H7BrCl3NO. The molecule has 19 heavy (non-hydrogen) atoms. The van der Waals surface area contributed by atoms with Crippen LogP contribution in [0.1, 0.15) is 10.4 Å². The van der Waals surface area contributed by atoms with Crippen LogP contribution in [0.2, 0.25) is 15.1 Å². The average Bonchev–Trinajstić information content (AvgIpc) is 2.37. The summed E-state index contributed by atoms with van der Waals surface area (Å²) >= 11 is 21.1. The van der Waals surface area contributed by atoms with Crippen molar-refractivity contribution in [1.82, 2.24) is 0 Å². The lowest BCUT2D eigenvalue weighted by atomic mass is 10.2. The molecule has 0 unspecified atom stereocenters. The van der Waals surface area contributed by atoms with E-state index in [1.807, 2.05) is 0 Å². The standard InChI is InChI=1S/C13H7BrCl3NO/c14-9-5-4-7(15)6-11(9)18-13(19)8-2-1-3-10(16)12(8)17/h1-6H,(H,18,19). The molecule has 2 rings (SSSR count). The number of halogens is 4. The van der Waals surface area contributed by atoms with Crippen molar-refractivity contribution in [3.8, 4) is 0 Å². The van der Waals surface area contributed by atoms with Gasteiger partial charge in [-0.2, -0.15) is 0 Å². The van der Waals surface area contributed by atoms with E-state index in [1.165, 1.54) is 0 Å². The summed E-state index contributed by atoms with van der Waals surface area (Å²) in [7, 11) is 0. The molecule has 0 aliphatic carbocycles. The molecule has 0 fully saturated rings. The number of carbonyl (C=O) groups excluding carboxylic acids is 1. The summed E-state index contributed by atoms with van der Waals surface area (Å²) in [5, 5.41) is 3.80. The van der Waals surface area contributed by atoms with Crippen molar-refractivity contribution in [2.24, 2.45) is 0 Å². The highest BCUT2D eigenvalue weighted by Crippen LogP contribution is 2.29. The van der Waals surface area contributed by atoms with Crippen LogP contribution in [0, 0.1) is 0 Å². The van der Waals surface area contributed by atoms with E-state index in [0.29, 0.717) is 21.3 Å². The third kappa shape index (κ3) is 3.42. The van der Waals surface area contributed by atoms with Crippen LogP contribution >= 0.6 is 50.7 Å². The Bertz CT molecular complexity index is 646. The molecular weight excluding hydrogens is 372 g/mol. The molecule has 0 aliphatic heterocycles. The van der Waals surface area contributed by atoms with Crippen LogP contribution < -0.4 is 5.32 Å². The van der Waals surface area contributed by atoms with E-state index in [-0.39, 0.29) is 10.9 Å². The van der Waals surface area contributed by atoms with E-state index in [2.05, 4.69) is 21.2 Å². The van der Waals surface area contributed by atoms with Gasteiger partial charge in [-0.25, -0.2) is 0 Å². The lowest BCUT2D eigenvalue weighted by molar-refractivity contribution is 0.102. The average molecular weight is 379 g/mol. The Kier molecular flexibility index (Phi) is 4.74. The van der Waals surface area contributed by atoms with Gasteiger partial charge in [-0.3, -0.25) is 4.79 Å². The Morgan fingerprint density at radius 3 is 2.58 bits per heavy atom. The number of nitrogens with one attached hydrogen (secondary N) is 1. The minimum atomic E-state index is -0.351. The highest BCUT2D eigenvalue weighted by molar-refractivity contribution is 9.10. The summed E-state index contributed by atoms with van der Waals surface area (Å²) < 4.78 is 0.725. The molecule has 2 aromatic rings. The number of rotatable bonds is 2. The Balaban J connectivity index is 2.31. The Morgan fingerprint density at radius 2 is 1.84 bits per heavy atom. The van der Waals surface area contributed by atoms with E-state index in [9.17, 15) is 4.79 Å². The van der Waals surface area contributed by atoms with Gasteiger partial charge in [0.05, 0.1) is 21.3 Å². The lowest BCUT2D eigenvalue weighted by Crippen LogP contribution is -2.12. The largest absolute Gasteiger partial charge is 0.321 e. The molecule has 0 radical (unpaired) electrons. The second-order valence-corrected chi connectivity index (χ2v) is 5.76. The number of hydrogen-bond donors (Lipinski definition) is 1. The van der Waals surface area contributed by atoms with Crippen molar-refractivity contribution in [3.05, 3.63) is 61.5 Å². The van der Waals surface area contributed by atoms with Gasteiger partial charge in [0.25, 0.3) is 5.91 Å². The van der Waals surface area contributed by atoms with Crippen molar-refractivity contribution in [2.75, 3.05) is 5.32 Å². The fraction of sp³-hybridized carbons (Fsp3) is 0. The second-order valence-electron chi connectivity index (χ2n) is 3.68. The Hall–Kier alpha value is -0.740. The van der Waals surface area contributed by atoms with Gasteiger partial charge in [-0.15, -0.1) is 0 Å². The molecule has 0 bridgehead atoms. The first-order valence-electron chi connectivity index (χ1n) is 5.19. The van der Waals surface area contributed by atoms with Gasteiger partial charge in [0.2, 0.25) is 0 Å². The van der Waals surface area contributed by atoms with E-state index < -0.39 is 0 Å². The Morgan fingerprint density at radius 1 is 1.11 bits per heavy atom. The number of anilines is 1. The van der Waals surface area contributed by atoms with Gasteiger partial charge in [0, 0.05) is 9.50 Å². The van der Waals surface area contributed by atoms with Gasteiger partial charge in [-0.1, -0.05) is 40.9 Å². The normalized spacial score (nSPS) is 10.3. The molecule has 2 aromatic carbocycles. The predicted molar refractivity (Wildman–Crippen MR) is 83.6 cm³/mol. The summed E-state index contributed by atoms with van der Waals surface area (Å²) in [5.74, 6) is -0.351. The first-order chi connectivity index (χ1) is 8.99. The van der Waals surface area contributed by atoms with Crippen LogP contribution in [0.5, 0.6) is 0 Å². The maximum absolute atomic E-state index is 12.1. The fourth-order valence-electron chi connectivity index (χ4n) is 1.46. The molecule has 0 saturated heterocycles. The summed E-state index contributed by atoms with van der Waals surface area (Å²) in [5.41, 5.74) is 0.870. The molecule has 6 heteroatoms. The maximum atomic E-state index is 12.1. The molecule has 98 valence electrons. The highest BCUT2D eigenvalue weighted by atomic mass is 79.9. The SMILES string of the molecule is O=C(Nc1cc(Cl)ccc1Br)c1cccc(Cl)c1Cl. The minimum absolute atomic E-state index is 0.222. The molecule has 0 aromatic heterocycles. The molecule has 0 saturated carbocycles. The zero-order valence-corrected chi connectivity index (χ0v) is 13.2. The number of amides is 1. The van der Waals surface area contributed by atoms with Crippen LogP contribution in [0.3, 0.4) is 0 Å². The molecule has 0 heterocycles. The van der Waals surface area contributed by atoms with E-state index in [1.54, 1.807) is 36.4 Å². The predicted octanol–water partition coefficient (Wildman–Crippen LogP) is 5.66. The zero-order valence-electron chi connectivity index (χ0n) is 9.38. The molecule has 0 atom stereocenters. The highest BCUT2D eigenvalue weighted by Gasteiger charge is 2.14. The minimum Gasteiger partial charge on any atom is -0.321 e. The van der Waals surface area contributed by atoms with Crippen LogP contribution in [0.15, 0.2) is 40.9 Å². The van der Waals surface area contributed by atoms with E-state index >= 15 is 0 Å². The lowest BCUT2D eigenvalue weighted by Gasteiger charge is -2.09. The number of hydrogen-bond acceptors (Lipinski definition) is 1. The Labute approximate surface area is 133 Å². The van der Waals surface area contributed by atoms with Crippen molar-refractivity contribution in [1.29, 1.82) is 0 Å². The van der Waals surface area contributed by atoms with Crippen LogP contribution in [-0.2, 0) is 0 Å². The molecule has 0 spiro atoms. The zero-order chi connectivity index (χ0) is 14.0. The molecule has 1 amide bonds. The fourth-order valence-corrected chi connectivity index (χ4v) is 2.37. The first kappa shape index (κ1) is 14.7. The third-order valence-corrected chi connectivity index (χ3v) is 4.12. The van der Waals surface area contributed by atoms with E-state index in [4.69, 9.17) is 34.8 Å². The summed E-state index contributed by atoms with van der Waals surface area (Å²) in [4.78, 5) is 12.1. The second kappa shape index (κ2) is 6.14. The van der Waals surface area contributed by atoms with Crippen molar-refractivity contribution in [3.63, 3.8) is 0 Å². The smallest absolute Gasteiger partial charge is 0.257 e. The van der Waals surface area contributed by atoms with Crippen LogP contribution in [0.4, 0.5) is 5.69 Å². The maximum Gasteiger partial charge on any atom is 0.257 e. The number of carbonyl (C=O) groups is 1.